The zero-order chi connectivity index (χ0) is 22.3. The van der Waals surface area contributed by atoms with Crippen molar-refractivity contribution in [2.24, 2.45) is 0 Å². The molecule has 33 heavy (non-hydrogen) atoms. The lowest BCUT2D eigenvalue weighted by Gasteiger charge is -2.17. The van der Waals surface area contributed by atoms with Crippen molar-refractivity contribution in [1.82, 2.24) is 15.1 Å². The molecule has 0 aliphatic carbocycles. The van der Waals surface area contributed by atoms with E-state index in [9.17, 15) is 5.11 Å². The summed E-state index contributed by atoms with van der Waals surface area (Å²) in [6.07, 6.45) is -0.639. The fourth-order valence-corrected chi connectivity index (χ4v) is 3.55. The SMILES string of the molecule is CC(C)NCC(O)COc1c(-c2ccccc2)c(-c2ccccc2)nn1-c1ccccc1.Cl. The van der Waals surface area contributed by atoms with Gasteiger partial charge in [-0.25, -0.2) is 0 Å². The number of nitrogens with zero attached hydrogens (tertiary/aromatic N) is 2. The van der Waals surface area contributed by atoms with Crippen LogP contribution in [0.15, 0.2) is 91.0 Å². The van der Waals surface area contributed by atoms with Crippen LogP contribution in [0.25, 0.3) is 28.1 Å². The van der Waals surface area contributed by atoms with Crippen LogP contribution in [0.3, 0.4) is 0 Å². The second-order valence-corrected chi connectivity index (χ2v) is 8.04. The predicted octanol–water partition coefficient (Wildman–Crippen LogP) is 5.37. The van der Waals surface area contributed by atoms with E-state index in [1.807, 2.05) is 71.4 Å². The van der Waals surface area contributed by atoms with Crippen molar-refractivity contribution >= 4 is 12.4 Å². The minimum atomic E-state index is -0.639. The molecule has 1 aromatic heterocycles. The van der Waals surface area contributed by atoms with E-state index in [-0.39, 0.29) is 19.0 Å². The maximum atomic E-state index is 10.5. The fraction of sp³-hybridized carbons (Fsp3) is 0.222. The molecule has 6 heteroatoms. The number of rotatable bonds is 9. The van der Waals surface area contributed by atoms with Crippen LogP contribution >= 0.6 is 12.4 Å². The van der Waals surface area contributed by atoms with Crippen molar-refractivity contribution in [3.05, 3.63) is 91.0 Å². The number of hydrogen-bond acceptors (Lipinski definition) is 4. The number of ether oxygens (including phenoxy) is 1. The van der Waals surface area contributed by atoms with E-state index in [0.29, 0.717) is 18.5 Å². The molecular weight excluding hydrogens is 434 g/mol. The second kappa shape index (κ2) is 11.7. The van der Waals surface area contributed by atoms with Crippen molar-refractivity contribution < 1.29 is 9.84 Å². The fourth-order valence-electron chi connectivity index (χ4n) is 3.55. The van der Waals surface area contributed by atoms with Crippen molar-refractivity contribution in [2.45, 2.75) is 26.0 Å². The Kier molecular flexibility index (Phi) is 8.66. The Hall–Kier alpha value is -3.12. The summed E-state index contributed by atoms with van der Waals surface area (Å²) in [5, 5.41) is 18.7. The van der Waals surface area contributed by atoms with Crippen LogP contribution in [0.2, 0.25) is 0 Å². The van der Waals surface area contributed by atoms with E-state index in [1.54, 1.807) is 0 Å². The molecule has 1 unspecified atom stereocenters. The predicted molar refractivity (Wildman–Crippen MR) is 136 cm³/mol. The van der Waals surface area contributed by atoms with Gasteiger partial charge in [-0.1, -0.05) is 92.7 Å². The Balaban J connectivity index is 0.00000306. The van der Waals surface area contributed by atoms with E-state index < -0.39 is 6.10 Å². The molecule has 5 nitrogen and oxygen atoms in total. The van der Waals surface area contributed by atoms with Crippen LogP contribution < -0.4 is 10.1 Å². The maximum absolute atomic E-state index is 10.5. The van der Waals surface area contributed by atoms with E-state index in [4.69, 9.17) is 9.84 Å². The number of halogens is 1. The zero-order valence-corrected chi connectivity index (χ0v) is 19.7. The highest BCUT2D eigenvalue weighted by Gasteiger charge is 2.23. The summed E-state index contributed by atoms with van der Waals surface area (Å²) in [7, 11) is 0. The highest BCUT2D eigenvalue weighted by molar-refractivity contribution is 5.86. The summed E-state index contributed by atoms with van der Waals surface area (Å²) in [5.74, 6) is 0.616. The summed E-state index contributed by atoms with van der Waals surface area (Å²) >= 11 is 0. The largest absolute Gasteiger partial charge is 0.474 e. The number of benzene rings is 3. The molecule has 2 N–H and O–H groups in total. The van der Waals surface area contributed by atoms with Gasteiger partial charge in [-0.05, 0) is 17.7 Å². The molecule has 3 aromatic carbocycles. The number of para-hydroxylation sites is 1. The molecule has 4 aromatic rings. The first-order valence-electron chi connectivity index (χ1n) is 11.0. The molecular formula is C27H30ClN3O2. The molecule has 0 amide bonds. The van der Waals surface area contributed by atoms with Gasteiger partial charge in [0, 0.05) is 18.2 Å². The monoisotopic (exact) mass is 463 g/mol. The number of hydrogen-bond donors (Lipinski definition) is 2. The molecule has 0 bridgehead atoms. The van der Waals surface area contributed by atoms with E-state index >= 15 is 0 Å². The molecule has 0 fully saturated rings. The lowest BCUT2D eigenvalue weighted by atomic mass is 10.0. The van der Waals surface area contributed by atoms with Gasteiger partial charge in [0.25, 0.3) is 0 Å². The summed E-state index contributed by atoms with van der Waals surface area (Å²) in [5.41, 5.74) is 4.66. The highest BCUT2D eigenvalue weighted by Crippen LogP contribution is 2.40. The molecule has 1 atom stereocenters. The minimum Gasteiger partial charge on any atom is -0.474 e. The standard InChI is InChI=1S/C27H29N3O2.ClH/c1-20(2)28-18-24(31)19-32-27-25(21-12-6-3-7-13-21)26(22-14-8-4-9-15-22)29-30(27)23-16-10-5-11-17-23;/h3-17,20,24,28,31H,18-19H2,1-2H3;1H. The molecule has 0 saturated carbocycles. The summed E-state index contributed by atoms with van der Waals surface area (Å²) in [4.78, 5) is 0. The summed E-state index contributed by atoms with van der Waals surface area (Å²) < 4.78 is 8.11. The van der Waals surface area contributed by atoms with Gasteiger partial charge in [-0.2, -0.15) is 9.78 Å². The van der Waals surface area contributed by atoms with Crippen molar-refractivity contribution in [3.63, 3.8) is 0 Å². The maximum Gasteiger partial charge on any atom is 0.225 e. The Morgan fingerprint density at radius 2 is 1.39 bits per heavy atom. The normalized spacial score (nSPS) is 11.8. The summed E-state index contributed by atoms with van der Waals surface area (Å²) in [6, 6.07) is 30.5. The van der Waals surface area contributed by atoms with Crippen molar-refractivity contribution in [3.8, 4) is 34.0 Å². The first-order chi connectivity index (χ1) is 15.6. The van der Waals surface area contributed by atoms with Gasteiger partial charge in [-0.15, -0.1) is 12.4 Å². The topological polar surface area (TPSA) is 59.3 Å². The number of aromatic nitrogens is 2. The zero-order valence-electron chi connectivity index (χ0n) is 18.9. The molecule has 172 valence electrons. The molecule has 0 spiro atoms. The Morgan fingerprint density at radius 1 is 0.848 bits per heavy atom. The average Bonchev–Trinajstić information content (AvgIpc) is 3.22. The van der Waals surface area contributed by atoms with E-state index in [1.165, 1.54) is 0 Å². The quantitative estimate of drug-likeness (QED) is 0.350. The van der Waals surface area contributed by atoms with Crippen LogP contribution in [0.5, 0.6) is 5.88 Å². The van der Waals surface area contributed by atoms with Gasteiger partial charge < -0.3 is 15.2 Å². The van der Waals surface area contributed by atoms with Crippen LogP contribution in [0.4, 0.5) is 0 Å². The third-order valence-corrected chi connectivity index (χ3v) is 5.13. The molecule has 1 heterocycles. The van der Waals surface area contributed by atoms with Crippen molar-refractivity contribution in [2.75, 3.05) is 13.2 Å². The molecule has 0 radical (unpaired) electrons. The van der Waals surface area contributed by atoms with E-state index in [2.05, 4.69) is 43.4 Å². The number of nitrogens with one attached hydrogen (secondary N) is 1. The minimum absolute atomic E-state index is 0. The van der Waals surface area contributed by atoms with Gasteiger partial charge in [0.1, 0.15) is 18.4 Å². The van der Waals surface area contributed by atoms with Gasteiger partial charge in [0.15, 0.2) is 0 Å². The van der Waals surface area contributed by atoms with Crippen LogP contribution in [0, 0.1) is 0 Å². The first-order valence-corrected chi connectivity index (χ1v) is 11.0. The Morgan fingerprint density at radius 3 is 1.97 bits per heavy atom. The first kappa shape index (κ1) is 24.5. The number of aliphatic hydroxyl groups excluding tert-OH is 1. The van der Waals surface area contributed by atoms with Crippen LogP contribution in [-0.4, -0.2) is 40.2 Å². The van der Waals surface area contributed by atoms with Gasteiger partial charge in [0.2, 0.25) is 5.88 Å². The molecule has 0 aliphatic heterocycles. The smallest absolute Gasteiger partial charge is 0.225 e. The van der Waals surface area contributed by atoms with Gasteiger partial charge in [-0.3, -0.25) is 0 Å². The van der Waals surface area contributed by atoms with Crippen molar-refractivity contribution in [1.29, 1.82) is 0 Å². The lowest BCUT2D eigenvalue weighted by Crippen LogP contribution is -2.35. The lowest BCUT2D eigenvalue weighted by molar-refractivity contribution is 0.101. The average molecular weight is 464 g/mol. The molecule has 4 rings (SSSR count). The number of aliphatic hydroxyl groups is 1. The van der Waals surface area contributed by atoms with Gasteiger partial charge >= 0.3 is 0 Å². The van der Waals surface area contributed by atoms with Crippen LogP contribution in [0.1, 0.15) is 13.8 Å². The molecule has 0 aliphatic rings. The van der Waals surface area contributed by atoms with Gasteiger partial charge in [0.05, 0.1) is 11.3 Å². The Labute approximate surface area is 201 Å². The third-order valence-electron chi connectivity index (χ3n) is 5.13. The summed E-state index contributed by atoms with van der Waals surface area (Å²) in [6.45, 7) is 4.73. The van der Waals surface area contributed by atoms with Crippen LogP contribution in [-0.2, 0) is 0 Å². The third kappa shape index (κ3) is 6.02. The second-order valence-electron chi connectivity index (χ2n) is 8.04. The van der Waals surface area contributed by atoms with E-state index in [0.717, 1.165) is 28.1 Å². The highest BCUT2D eigenvalue weighted by atomic mass is 35.5. The Bertz CT molecular complexity index is 1120. The molecule has 0 saturated heterocycles.